The van der Waals surface area contributed by atoms with Gasteiger partial charge < -0.3 is 19.9 Å². The fourth-order valence-electron chi connectivity index (χ4n) is 2.72. The van der Waals surface area contributed by atoms with Crippen molar-refractivity contribution in [3.8, 4) is 5.75 Å². The van der Waals surface area contributed by atoms with E-state index >= 15 is 0 Å². The number of amides is 2. The summed E-state index contributed by atoms with van der Waals surface area (Å²) in [6.07, 6.45) is 0.511. The summed E-state index contributed by atoms with van der Waals surface area (Å²) in [6, 6.07) is 12.1. The van der Waals surface area contributed by atoms with Crippen molar-refractivity contribution >= 4 is 56.8 Å². The van der Waals surface area contributed by atoms with Crippen LogP contribution in [0.3, 0.4) is 0 Å². The monoisotopic (exact) mass is 537 g/mol. The molecule has 0 saturated heterocycles. The van der Waals surface area contributed by atoms with Crippen LogP contribution in [0.5, 0.6) is 5.75 Å². The Bertz CT molecular complexity index is 1110. The summed E-state index contributed by atoms with van der Waals surface area (Å²) in [5.74, 6) is 1.25. The van der Waals surface area contributed by atoms with Crippen LogP contribution in [-0.4, -0.2) is 46.0 Å². The number of carbonyl (C=O) groups excluding carboxylic acids is 2. The predicted octanol–water partition coefficient (Wildman–Crippen LogP) is 3.94. The maximum atomic E-state index is 12.2. The summed E-state index contributed by atoms with van der Waals surface area (Å²) in [5.41, 5.74) is 1.21. The number of halogens is 2. The fourth-order valence-corrected chi connectivity index (χ4v) is 3.95. The van der Waals surface area contributed by atoms with Gasteiger partial charge in [0, 0.05) is 35.7 Å². The van der Waals surface area contributed by atoms with Gasteiger partial charge in [0.2, 0.25) is 5.91 Å². The van der Waals surface area contributed by atoms with Crippen molar-refractivity contribution in [1.29, 1.82) is 0 Å². The third kappa shape index (κ3) is 6.47. The molecule has 0 aliphatic rings. The number of rotatable bonds is 9. The third-order valence-electron chi connectivity index (χ3n) is 4.45. The van der Waals surface area contributed by atoms with Crippen LogP contribution in [0, 0.1) is 0 Å². The van der Waals surface area contributed by atoms with Gasteiger partial charge in [0.15, 0.2) is 5.16 Å². The van der Waals surface area contributed by atoms with Crippen LogP contribution in [0.1, 0.15) is 16.2 Å². The van der Waals surface area contributed by atoms with Gasteiger partial charge in [0.25, 0.3) is 5.91 Å². The number of aromatic nitrogens is 3. The molecular formula is C21H21BrClN5O3S. The number of nitrogens with one attached hydrogen (secondary N) is 2. The molecule has 8 nitrogen and oxygen atoms in total. The van der Waals surface area contributed by atoms with Crippen LogP contribution in [0.25, 0.3) is 0 Å². The molecule has 0 radical (unpaired) electrons. The van der Waals surface area contributed by atoms with E-state index in [1.165, 1.54) is 11.8 Å². The third-order valence-corrected chi connectivity index (χ3v) is 6.68. The Balaban J connectivity index is 1.46. The molecule has 0 fully saturated rings. The largest absolute Gasteiger partial charge is 0.497 e. The number of benzene rings is 2. The van der Waals surface area contributed by atoms with Crippen LogP contribution in [-0.2, 0) is 18.3 Å². The van der Waals surface area contributed by atoms with Crippen molar-refractivity contribution in [3.05, 3.63) is 63.3 Å². The number of carbonyl (C=O) groups is 2. The zero-order valence-corrected chi connectivity index (χ0v) is 20.6. The van der Waals surface area contributed by atoms with E-state index in [0.717, 1.165) is 0 Å². The average molecular weight is 539 g/mol. The van der Waals surface area contributed by atoms with E-state index in [-0.39, 0.29) is 17.6 Å². The molecule has 0 aliphatic carbocycles. The zero-order chi connectivity index (χ0) is 23.1. The number of methoxy groups -OCH3 is 1. The molecule has 1 aromatic heterocycles. The van der Waals surface area contributed by atoms with Crippen molar-refractivity contribution in [2.24, 2.45) is 7.05 Å². The molecule has 0 saturated carbocycles. The highest BCUT2D eigenvalue weighted by atomic mass is 79.9. The molecule has 3 aromatic rings. The number of hydrogen-bond acceptors (Lipinski definition) is 6. The normalized spacial score (nSPS) is 10.6. The summed E-state index contributed by atoms with van der Waals surface area (Å²) in [4.78, 5) is 24.5. The fraction of sp³-hybridized carbons (Fsp3) is 0.238. The highest BCUT2D eigenvalue weighted by Crippen LogP contribution is 2.26. The van der Waals surface area contributed by atoms with Crippen LogP contribution < -0.4 is 15.4 Å². The minimum Gasteiger partial charge on any atom is -0.497 e. The van der Waals surface area contributed by atoms with Crippen molar-refractivity contribution < 1.29 is 14.3 Å². The number of nitrogens with zero attached hydrogens (tertiary/aromatic N) is 3. The standard InChI is InChI=1S/C21H21BrClN5O3S/c1-28-18(9-10-24-20(30)13-3-6-15(31-2)7-4-13)26-27-21(28)32-12-19(29)25-14-5-8-17(23)16(22)11-14/h3-8,11H,9-10,12H2,1-2H3,(H,24,30)(H,25,29). The van der Waals surface area contributed by atoms with Crippen LogP contribution in [0.15, 0.2) is 52.1 Å². The lowest BCUT2D eigenvalue weighted by atomic mass is 10.2. The second kappa shape index (κ2) is 11.3. The van der Waals surface area contributed by atoms with E-state index in [1.54, 1.807) is 49.6 Å². The number of hydrogen-bond donors (Lipinski definition) is 2. The van der Waals surface area contributed by atoms with Crippen molar-refractivity contribution in [2.75, 3.05) is 24.7 Å². The van der Waals surface area contributed by atoms with Gasteiger partial charge in [-0.15, -0.1) is 10.2 Å². The van der Waals surface area contributed by atoms with E-state index in [4.69, 9.17) is 16.3 Å². The summed E-state index contributed by atoms with van der Waals surface area (Å²) < 4.78 is 7.62. The second-order valence-corrected chi connectivity index (χ2v) is 8.86. The smallest absolute Gasteiger partial charge is 0.251 e. The Morgan fingerprint density at radius 2 is 1.94 bits per heavy atom. The van der Waals surface area contributed by atoms with Crippen LogP contribution >= 0.6 is 39.3 Å². The minimum absolute atomic E-state index is 0.166. The Labute approximate surface area is 203 Å². The Hall–Kier alpha value is -2.56. The van der Waals surface area contributed by atoms with E-state index in [9.17, 15) is 9.59 Å². The quantitative estimate of drug-likeness (QED) is 0.401. The molecule has 0 aliphatic heterocycles. The molecule has 2 aromatic carbocycles. The lowest BCUT2D eigenvalue weighted by Gasteiger charge is -2.07. The molecule has 3 rings (SSSR count). The molecule has 0 spiro atoms. The number of thioether (sulfide) groups is 1. The molecule has 2 N–H and O–H groups in total. The first-order valence-electron chi connectivity index (χ1n) is 9.55. The van der Waals surface area contributed by atoms with Gasteiger partial charge in [-0.2, -0.15) is 0 Å². The number of ether oxygens (including phenoxy) is 1. The maximum Gasteiger partial charge on any atom is 0.251 e. The molecule has 168 valence electrons. The molecule has 1 heterocycles. The first-order valence-corrected chi connectivity index (χ1v) is 11.7. The Morgan fingerprint density at radius 3 is 2.62 bits per heavy atom. The summed E-state index contributed by atoms with van der Waals surface area (Å²) in [6.45, 7) is 0.410. The highest BCUT2D eigenvalue weighted by Gasteiger charge is 2.13. The summed E-state index contributed by atoms with van der Waals surface area (Å²) in [7, 11) is 3.41. The SMILES string of the molecule is COc1ccc(C(=O)NCCc2nnc(SCC(=O)Nc3ccc(Cl)c(Br)c3)n2C)cc1. The van der Waals surface area contributed by atoms with Crippen molar-refractivity contribution in [3.63, 3.8) is 0 Å². The second-order valence-electron chi connectivity index (χ2n) is 6.66. The van der Waals surface area contributed by atoms with E-state index in [2.05, 4.69) is 36.8 Å². The van der Waals surface area contributed by atoms with Crippen LogP contribution in [0.2, 0.25) is 5.02 Å². The first-order chi connectivity index (χ1) is 15.4. The summed E-state index contributed by atoms with van der Waals surface area (Å²) >= 11 is 10.6. The predicted molar refractivity (Wildman–Crippen MR) is 129 cm³/mol. The lowest BCUT2D eigenvalue weighted by Crippen LogP contribution is -2.26. The molecule has 0 unspecified atom stereocenters. The average Bonchev–Trinajstić information content (AvgIpc) is 3.14. The minimum atomic E-state index is -0.171. The zero-order valence-electron chi connectivity index (χ0n) is 17.4. The topological polar surface area (TPSA) is 98.1 Å². The summed E-state index contributed by atoms with van der Waals surface area (Å²) in [5, 5.41) is 15.2. The molecule has 2 amide bonds. The van der Waals surface area contributed by atoms with E-state index in [0.29, 0.717) is 50.4 Å². The van der Waals surface area contributed by atoms with Gasteiger partial charge in [-0.1, -0.05) is 23.4 Å². The van der Waals surface area contributed by atoms with Crippen molar-refractivity contribution in [2.45, 2.75) is 11.6 Å². The van der Waals surface area contributed by atoms with E-state index < -0.39 is 0 Å². The van der Waals surface area contributed by atoms with Gasteiger partial charge in [-0.05, 0) is 58.4 Å². The number of anilines is 1. The lowest BCUT2D eigenvalue weighted by molar-refractivity contribution is -0.113. The molecule has 0 atom stereocenters. The van der Waals surface area contributed by atoms with Gasteiger partial charge >= 0.3 is 0 Å². The molecule has 11 heteroatoms. The Kier molecular flexibility index (Phi) is 8.54. The molecule has 32 heavy (non-hydrogen) atoms. The highest BCUT2D eigenvalue weighted by molar-refractivity contribution is 9.10. The van der Waals surface area contributed by atoms with Gasteiger partial charge in [0.05, 0.1) is 17.9 Å². The molecule has 0 bridgehead atoms. The first kappa shape index (κ1) is 24.1. The van der Waals surface area contributed by atoms with Crippen LogP contribution in [0.4, 0.5) is 5.69 Å². The van der Waals surface area contributed by atoms with E-state index in [1.807, 2.05) is 11.6 Å². The molecular weight excluding hydrogens is 518 g/mol. The Morgan fingerprint density at radius 1 is 1.19 bits per heavy atom. The van der Waals surface area contributed by atoms with Gasteiger partial charge in [0.1, 0.15) is 11.6 Å². The van der Waals surface area contributed by atoms with Crippen molar-refractivity contribution in [1.82, 2.24) is 20.1 Å². The van der Waals surface area contributed by atoms with Gasteiger partial charge in [-0.25, -0.2) is 0 Å². The maximum absolute atomic E-state index is 12.2. The van der Waals surface area contributed by atoms with Gasteiger partial charge in [-0.3, -0.25) is 9.59 Å².